The lowest BCUT2D eigenvalue weighted by Gasteiger charge is -2.05. The molecule has 0 aliphatic heterocycles. The maximum absolute atomic E-state index is 12.3. The largest absolute Gasteiger partial charge is 0.383 e. The highest BCUT2D eigenvalue weighted by Crippen LogP contribution is 2.31. The SMILES string of the molecule is N#Cc1cc(C#N)c(SCC(=O)Nc2nnc(SCc3cccc4ccccc34)s2)nc1N. The van der Waals surface area contributed by atoms with E-state index in [9.17, 15) is 10.1 Å². The van der Waals surface area contributed by atoms with Crippen molar-refractivity contribution in [2.24, 2.45) is 0 Å². The summed E-state index contributed by atoms with van der Waals surface area (Å²) in [5.74, 6) is 0.458. The second kappa shape index (κ2) is 10.3. The van der Waals surface area contributed by atoms with Gasteiger partial charge in [-0.25, -0.2) is 4.98 Å². The number of rotatable bonds is 7. The minimum atomic E-state index is -0.310. The summed E-state index contributed by atoms with van der Waals surface area (Å²) in [4.78, 5) is 16.4. The maximum Gasteiger partial charge on any atom is 0.236 e. The van der Waals surface area contributed by atoms with Crippen LogP contribution in [0.4, 0.5) is 10.9 Å². The van der Waals surface area contributed by atoms with Crippen LogP contribution in [0, 0.1) is 22.7 Å². The summed E-state index contributed by atoms with van der Waals surface area (Å²) in [6.45, 7) is 0. The van der Waals surface area contributed by atoms with Gasteiger partial charge in [-0.05, 0) is 22.4 Å². The van der Waals surface area contributed by atoms with Crippen molar-refractivity contribution in [2.75, 3.05) is 16.8 Å². The molecule has 4 aromatic rings. The molecule has 0 spiro atoms. The summed E-state index contributed by atoms with van der Waals surface area (Å²) in [5.41, 5.74) is 7.24. The summed E-state index contributed by atoms with van der Waals surface area (Å²) in [7, 11) is 0. The first-order chi connectivity index (χ1) is 16.1. The molecule has 1 amide bonds. The fourth-order valence-electron chi connectivity index (χ4n) is 2.96. The Morgan fingerprint density at radius 1 is 1.06 bits per heavy atom. The van der Waals surface area contributed by atoms with Crippen LogP contribution in [-0.2, 0) is 10.5 Å². The summed E-state index contributed by atoms with van der Waals surface area (Å²) in [5, 5.41) is 32.2. The Labute approximate surface area is 201 Å². The molecule has 11 heteroatoms. The molecule has 4 rings (SSSR count). The molecule has 0 saturated heterocycles. The van der Waals surface area contributed by atoms with E-state index < -0.39 is 0 Å². The van der Waals surface area contributed by atoms with Crippen molar-refractivity contribution in [3.05, 3.63) is 65.2 Å². The minimum absolute atomic E-state index is 0.00504. The van der Waals surface area contributed by atoms with Gasteiger partial charge in [0.05, 0.1) is 16.9 Å². The summed E-state index contributed by atoms with van der Waals surface area (Å²) in [6.07, 6.45) is 0. The van der Waals surface area contributed by atoms with E-state index in [1.165, 1.54) is 33.7 Å². The zero-order chi connectivity index (χ0) is 23.2. The average Bonchev–Trinajstić information content (AvgIpc) is 3.28. The number of nitrogens with two attached hydrogens (primary N) is 1. The van der Waals surface area contributed by atoms with Gasteiger partial charge in [-0.1, -0.05) is 77.3 Å². The first-order valence-corrected chi connectivity index (χ1v) is 12.3. The monoisotopic (exact) mass is 489 g/mol. The number of carbonyl (C=O) groups is 1. The van der Waals surface area contributed by atoms with Crippen LogP contribution in [0.1, 0.15) is 16.7 Å². The van der Waals surface area contributed by atoms with E-state index >= 15 is 0 Å². The van der Waals surface area contributed by atoms with E-state index in [0.717, 1.165) is 21.9 Å². The van der Waals surface area contributed by atoms with Crippen molar-refractivity contribution in [3.63, 3.8) is 0 Å². The second-order valence-electron chi connectivity index (χ2n) is 6.63. The van der Waals surface area contributed by atoms with Crippen LogP contribution >= 0.6 is 34.9 Å². The molecule has 0 fully saturated rings. The molecule has 2 aromatic carbocycles. The summed E-state index contributed by atoms with van der Waals surface area (Å²) < 4.78 is 0.749. The number of hydrogen-bond donors (Lipinski definition) is 2. The Hall–Kier alpha value is -3.64. The molecule has 0 bridgehead atoms. The molecule has 2 aromatic heterocycles. The number of nitrogen functional groups attached to an aromatic ring is 1. The van der Waals surface area contributed by atoms with Crippen LogP contribution in [0.25, 0.3) is 10.8 Å². The average molecular weight is 490 g/mol. The fourth-order valence-corrected chi connectivity index (χ4v) is 5.49. The Balaban J connectivity index is 1.34. The quantitative estimate of drug-likeness (QED) is 0.285. The highest BCUT2D eigenvalue weighted by atomic mass is 32.2. The van der Waals surface area contributed by atoms with Crippen molar-refractivity contribution in [2.45, 2.75) is 15.1 Å². The summed E-state index contributed by atoms with van der Waals surface area (Å²) in [6, 6.07) is 19.7. The van der Waals surface area contributed by atoms with E-state index in [1.807, 2.05) is 30.3 Å². The number of nitriles is 2. The predicted octanol–water partition coefficient (Wildman–Crippen LogP) is 4.43. The van der Waals surface area contributed by atoms with Gasteiger partial charge in [0.1, 0.15) is 23.0 Å². The predicted molar refractivity (Wildman–Crippen MR) is 131 cm³/mol. The van der Waals surface area contributed by atoms with E-state index in [0.29, 0.717) is 10.2 Å². The van der Waals surface area contributed by atoms with Gasteiger partial charge in [0.2, 0.25) is 11.0 Å². The second-order valence-corrected chi connectivity index (χ2v) is 9.80. The number of fused-ring (bicyclic) bond motifs is 1. The third-order valence-electron chi connectivity index (χ3n) is 4.48. The van der Waals surface area contributed by atoms with Gasteiger partial charge in [0, 0.05) is 5.75 Å². The van der Waals surface area contributed by atoms with E-state index in [-0.39, 0.29) is 28.6 Å². The van der Waals surface area contributed by atoms with Gasteiger partial charge in [-0.15, -0.1) is 10.2 Å². The lowest BCUT2D eigenvalue weighted by atomic mass is 10.1. The Morgan fingerprint density at radius 3 is 2.67 bits per heavy atom. The number of thioether (sulfide) groups is 2. The summed E-state index contributed by atoms with van der Waals surface area (Å²) >= 11 is 3.92. The fraction of sp³-hybridized carbons (Fsp3) is 0.0909. The zero-order valence-corrected chi connectivity index (χ0v) is 19.4. The maximum atomic E-state index is 12.3. The molecule has 3 N–H and O–H groups in total. The number of pyridine rings is 1. The minimum Gasteiger partial charge on any atom is -0.383 e. The number of hydrogen-bond acceptors (Lipinski definition) is 10. The third kappa shape index (κ3) is 5.41. The molecule has 162 valence electrons. The smallest absolute Gasteiger partial charge is 0.236 e. The van der Waals surface area contributed by atoms with Crippen LogP contribution in [0.15, 0.2) is 57.9 Å². The standard InChI is InChI=1S/C22H15N7OS3/c23-9-15-8-16(10-24)20(27-19(15)25)31-12-18(30)26-21-28-29-22(33-21)32-11-14-6-3-5-13-4-1-2-7-17(13)14/h1-8H,11-12H2,(H2,25,27)(H,26,28,30). The van der Waals surface area contributed by atoms with Crippen LogP contribution in [-0.4, -0.2) is 26.8 Å². The van der Waals surface area contributed by atoms with E-state index in [2.05, 4.69) is 44.8 Å². The number of amides is 1. The Morgan fingerprint density at radius 2 is 1.85 bits per heavy atom. The molecule has 0 aliphatic rings. The Kier molecular flexibility index (Phi) is 7.05. The lowest BCUT2D eigenvalue weighted by molar-refractivity contribution is -0.113. The highest BCUT2D eigenvalue weighted by Gasteiger charge is 2.14. The zero-order valence-electron chi connectivity index (χ0n) is 17.0. The molecule has 8 nitrogen and oxygen atoms in total. The molecule has 0 unspecified atom stereocenters. The molecule has 0 atom stereocenters. The van der Waals surface area contributed by atoms with Crippen LogP contribution in [0.2, 0.25) is 0 Å². The van der Waals surface area contributed by atoms with Crippen molar-refractivity contribution in [3.8, 4) is 12.1 Å². The number of nitrogens with zero attached hydrogens (tertiary/aromatic N) is 5. The number of aromatic nitrogens is 3. The van der Waals surface area contributed by atoms with E-state index in [1.54, 1.807) is 11.8 Å². The molecular weight excluding hydrogens is 474 g/mol. The Bertz CT molecular complexity index is 1420. The van der Waals surface area contributed by atoms with Gasteiger partial charge >= 0.3 is 0 Å². The molecule has 0 radical (unpaired) electrons. The van der Waals surface area contributed by atoms with E-state index in [4.69, 9.17) is 11.0 Å². The highest BCUT2D eigenvalue weighted by molar-refractivity contribution is 8.00. The first kappa shape index (κ1) is 22.6. The van der Waals surface area contributed by atoms with Crippen molar-refractivity contribution in [1.82, 2.24) is 15.2 Å². The topological polar surface area (TPSA) is 141 Å². The normalized spacial score (nSPS) is 10.5. The number of nitrogens with one attached hydrogen (secondary N) is 1. The van der Waals surface area contributed by atoms with Crippen molar-refractivity contribution in [1.29, 1.82) is 10.5 Å². The lowest BCUT2D eigenvalue weighted by Crippen LogP contribution is -2.14. The van der Waals surface area contributed by atoms with Crippen molar-refractivity contribution >= 4 is 62.5 Å². The van der Waals surface area contributed by atoms with Crippen molar-refractivity contribution < 1.29 is 4.79 Å². The van der Waals surface area contributed by atoms with Gasteiger partial charge in [0.25, 0.3) is 0 Å². The number of anilines is 2. The van der Waals surface area contributed by atoms with Gasteiger partial charge in [-0.3, -0.25) is 10.1 Å². The van der Waals surface area contributed by atoms with Crippen LogP contribution < -0.4 is 11.1 Å². The first-order valence-electron chi connectivity index (χ1n) is 9.53. The van der Waals surface area contributed by atoms with Gasteiger partial charge in [0.15, 0.2) is 4.34 Å². The van der Waals surface area contributed by atoms with Crippen LogP contribution in [0.5, 0.6) is 0 Å². The number of carbonyl (C=O) groups excluding carboxylic acids is 1. The van der Waals surface area contributed by atoms with Crippen LogP contribution in [0.3, 0.4) is 0 Å². The third-order valence-corrected chi connectivity index (χ3v) is 7.49. The van der Waals surface area contributed by atoms with Gasteiger partial charge in [-0.2, -0.15) is 10.5 Å². The molecular formula is C22H15N7OS3. The molecule has 0 saturated carbocycles. The molecule has 33 heavy (non-hydrogen) atoms. The van der Waals surface area contributed by atoms with Gasteiger partial charge < -0.3 is 5.73 Å². The molecule has 2 heterocycles. The number of benzene rings is 2. The molecule has 0 aliphatic carbocycles.